The molecule has 0 radical (unpaired) electrons. The quantitative estimate of drug-likeness (QED) is 0.702. The highest BCUT2D eigenvalue weighted by Crippen LogP contribution is 2.40. The fourth-order valence-corrected chi connectivity index (χ4v) is 4.10. The number of aryl methyl sites for hydroxylation is 1. The third kappa shape index (κ3) is 4.33. The van der Waals surface area contributed by atoms with E-state index in [0.29, 0.717) is 18.5 Å². The summed E-state index contributed by atoms with van der Waals surface area (Å²) in [6, 6.07) is 9.94. The van der Waals surface area contributed by atoms with E-state index in [4.69, 9.17) is 11.6 Å². The van der Waals surface area contributed by atoms with Crippen molar-refractivity contribution in [3.8, 4) is 0 Å². The first kappa shape index (κ1) is 20.7. The molecule has 2 atom stereocenters. The highest BCUT2D eigenvalue weighted by atomic mass is 35.5. The first-order valence-corrected chi connectivity index (χ1v) is 9.48. The van der Waals surface area contributed by atoms with Gasteiger partial charge in [-0.3, -0.25) is 9.69 Å². The lowest BCUT2D eigenvalue weighted by molar-refractivity contribution is -0.145. The van der Waals surface area contributed by atoms with Crippen molar-refractivity contribution in [2.75, 3.05) is 6.54 Å². The van der Waals surface area contributed by atoms with Crippen LogP contribution in [0.5, 0.6) is 0 Å². The van der Waals surface area contributed by atoms with Crippen LogP contribution in [0.2, 0.25) is 5.02 Å². The Morgan fingerprint density at radius 1 is 1.18 bits per heavy atom. The Morgan fingerprint density at radius 2 is 1.89 bits per heavy atom. The van der Waals surface area contributed by atoms with Gasteiger partial charge in [0.1, 0.15) is 6.04 Å². The monoisotopic (exact) mass is 411 g/mol. The van der Waals surface area contributed by atoms with Crippen LogP contribution in [0.1, 0.15) is 47.6 Å². The highest BCUT2D eigenvalue weighted by Gasteiger charge is 2.38. The number of piperidine rings is 1. The number of halogens is 4. The SMILES string of the molecule is Cc1cccc(C(c2ccc(Cl)c(C(F)(F)F)c2)N2CCCCC2C(=O)O)c1. The van der Waals surface area contributed by atoms with Crippen LogP contribution in [0.15, 0.2) is 42.5 Å². The van der Waals surface area contributed by atoms with Gasteiger partial charge >= 0.3 is 12.1 Å². The van der Waals surface area contributed by atoms with Crippen LogP contribution in [0.3, 0.4) is 0 Å². The smallest absolute Gasteiger partial charge is 0.417 e. The maximum absolute atomic E-state index is 13.4. The molecule has 0 amide bonds. The summed E-state index contributed by atoms with van der Waals surface area (Å²) in [4.78, 5) is 13.6. The predicted molar refractivity (Wildman–Crippen MR) is 101 cm³/mol. The molecular formula is C21H21ClF3NO2. The minimum atomic E-state index is -4.58. The Bertz CT molecular complexity index is 869. The molecule has 3 rings (SSSR count). The summed E-state index contributed by atoms with van der Waals surface area (Å²) in [6.45, 7) is 2.40. The third-order valence-electron chi connectivity index (χ3n) is 5.13. The molecule has 1 aliphatic heterocycles. The number of benzene rings is 2. The second-order valence-corrected chi connectivity index (χ2v) is 7.55. The van der Waals surface area contributed by atoms with Crippen LogP contribution >= 0.6 is 11.6 Å². The van der Waals surface area contributed by atoms with E-state index in [1.807, 2.05) is 31.2 Å². The molecular weight excluding hydrogens is 391 g/mol. The van der Waals surface area contributed by atoms with Crippen molar-refractivity contribution >= 4 is 17.6 Å². The van der Waals surface area contributed by atoms with Crippen molar-refractivity contribution in [3.63, 3.8) is 0 Å². The zero-order valence-electron chi connectivity index (χ0n) is 15.3. The molecule has 1 saturated heterocycles. The van der Waals surface area contributed by atoms with Gasteiger partial charge in [-0.2, -0.15) is 13.2 Å². The number of likely N-dealkylation sites (tertiary alicyclic amines) is 1. The number of hydrogen-bond donors (Lipinski definition) is 1. The highest BCUT2D eigenvalue weighted by molar-refractivity contribution is 6.31. The molecule has 1 aliphatic rings. The molecule has 0 spiro atoms. The minimum absolute atomic E-state index is 0.368. The molecule has 0 aromatic heterocycles. The zero-order valence-corrected chi connectivity index (χ0v) is 16.1. The molecule has 150 valence electrons. The summed E-state index contributed by atoms with van der Waals surface area (Å²) in [7, 11) is 0. The van der Waals surface area contributed by atoms with Gasteiger partial charge in [-0.15, -0.1) is 0 Å². The molecule has 2 aromatic rings. The van der Waals surface area contributed by atoms with Gasteiger partial charge in [-0.05, 0) is 49.6 Å². The van der Waals surface area contributed by atoms with E-state index >= 15 is 0 Å². The van der Waals surface area contributed by atoms with Gasteiger partial charge < -0.3 is 5.11 Å². The van der Waals surface area contributed by atoms with Crippen LogP contribution in [0.4, 0.5) is 13.2 Å². The molecule has 28 heavy (non-hydrogen) atoms. The van der Waals surface area contributed by atoms with Crippen molar-refractivity contribution in [1.29, 1.82) is 0 Å². The molecule has 1 N–H and O–H groups in total. The summed E-state index contributed by atoms with van der Waals surface area (Å²) in [6.07, 6.45) is -2.54. The van der Waals surface area contributed by atoms with Crippen LogP contribution in [-0.2, 0) is 11.0 Å². The normalized spacial score (nSPS) is 19.4. The number of alkyl halides is 3. The predicted octanol–water partition coefficient (Wildman–Crippen LogP) is 5.70. The molecule has 2 unspecified atom stereocenters. The van der Waals surface area contributed by atoms with Crippen molar-refractivity contribution in [1.82, 2.24) is 4.90 Å². The van der Waals surface area contributed by atoms with Gasteiger partial charge in [0.2, 0.25) is 0 Å². The Labute approximate surface area is 166 Å². The number of carbonyl (C=O) groups is 1. The summed E-state index contributed by atoms with van der Waals surface area (Å²) >= 11 is 5.79. The first-order valence-electron chi connectivity index (χ1n) is 9.10. The second-order valence-electron chi connectivity index (χ2n) is 7.14. The summed E-state index contributed by atoms with van der Waals surface area (Å²) in [5.41, 5.74) is 1.20. The summed E-state index contributed by atoms with van der Waals surface area (Å²) in [5, 5.41) is 9.32. The third-order valence-corrected chi connectivity index (χ3v) is 5.46. The minimum Gasteiger partial charge on any atom is -0.480 e. The number of aliphatic carboxylic acids is 1. The van der Waals surface area contributed by atoms with E-state index in [0.717, 1.165) is 30.0 Å². The zero-order chi connectivity index (χ0) is 20.5. The van der Waals surface area contributed by atoms with Gasteiger partial charge in [0, 0.05) is 0 Å². The second kappa shape index (κ2) is 8.13. The average Bonchev–Trinajstić information content (AvgIpc) is 2.63. The molecule has 0 aliphatic carbocycles. The summed E-state index contributed by atoms with van der Waals surface area (Å²) in [5.74, 6) is -0.956. The van der Waals surface area contributed by atoms with E-state index in [1.165, 1.54) is 6.07 Å². The van der Waals surface area contributed by atoms with Gasteiger partial charge in [0.25, 0.3) is 0 Å². The fraction of sp³-hybridized carbons (Fsp3) is 0.381. The molecule has 1 fully saturated rings. The van der Waals surface area contributed by atoms with Crippen LogP contribution in [0, 0.1) is 6.92 Å². The largest absolute Gasteiger partial charge is 0.480 e. The van der Waals surface area contributed by atoms with Crippen molar-refractivity contribution in [2.45, 2.75) is 44.4 Å². The Morgan fingerprint density at radius 3 is 2.54 bits per heavy atom. The standard InChI is InChI=1S/C21H21ClF3NO2/c1-13-5-4-6-14(11-13)19(26-10-3-2-7-18(26)20(27)28)15-8-9-17(22)16(12-15)21(23,24)25/h4-6,8-9,11-12,18-19H,2-3,7,10H2,1H3,(H,27,28). The number of carboxylic acids is 1. The molecule has 1 heterocycles. The molecule has 7 heteroatoms. The maximum Gasteiger partial charge on any atom is 0.417 e. The lowest BCUT2D eigenvalue weighted by Gasteiger charge is -2.40. The van der Waals surface area contributed by atoms with Crippen molar-refractivity contribution in [2.24, 2.45) is 0 Å². The van der Waals surface area contributed by atoms with Crippen LogP contribution in [0.25, 0.3) is 0 Å². The van der Waals surface area contributed by atoms with Crippen LogP contribution < -0.4 is 0 Å². The van der Waals surface area contributed by atoms with E-state index < -0.39 is 29.8 Å². The Balaban J connectivity index is 2.16. The van der Waals surface area contributed by atoms with E-state index in [-0.39, 0.29) is 5.02 Å². The number of hydrogen-bond acceptors (Lipinski definition) is 2. The van der Waals surface area contributed by atoms with E-state index in [9.17, 15) is 23.1 Å². The van der Waals surface area contributed by atoms with Gasteiger partial charge in [-0.1, -0.05) is 53.9 Å². The Hall–Kier alpha value is -2.05. The average molecular weight is 412 g/mol. The van der Waals surface area contributed by atoms with Gasteiger partial charge in [0.15, 0.2) is 0 Å². The van der Waals surface area contributed by atoms with Gasteiger partial charge in [-0.25, -0.2) is 0 Å². The topological polar surface area (TPSA) is 40.5 Å². The van der Waals surface area contributed by atoms with E-state index in [2.05, 4.69) is 0 Å². The number of rotatable bonds is 4. The van der Waals surface area contributed by atoms with Crippen LogP contribution in [-0.4, -0.2) is 28.6 Å². The first-order chi connectivity index (χ1) is 13.2. The Kier molecular flexibility index (Phi) is 6.01. The number of nitrogens with zero attached hydrogens (tertiary/aromatic N) is 1. The van der Waals surface area contributed by atoms with Crippen molar-refractivity contribution in [3.05, 3.63) is 69.7 Å². The molecule has 0 bridgehead atoms. The fourth-order valence-electron chi connectivity index (χ4n) is 3.87. The molecule has 2 aromatic carbocycles. The lowest BCUT2D eigenvalue weighted by Crippen LogP contribution is -2.46. The van der Waals surface area contributed by atoms with E-state index in [1.54, 1.807) is 11.0 Å². The molecule has 0 saturated carbocycles. The maximum atomic E-state index is 13.4. The van der Waals surface area contributed by atoms with Crippen molar-refractivity contribution < 1.29 is 23.1 Å². The summed E-state index contributed by atoms with van der Waals surface area (Å²) < 4.78 is 40.2. The molecule has 3 nitrogen and oxygen atoms in total. The van der Waals surface area contributed by atoms with Gasteiger partial charge in [0.05, 0.1) is 16.6 Å². The number of carboxylic acid groups (broad SMARTS) is 1. The lowest BCUT2D eigenvalue weighted by atomic mass is 9.90.